The van der Waals surface area contributed by atoms with E-state index in [9.17, 15) is 21.4 Å². The monoisotopic (exact) mass is 417 g/mol. The summed E-state index contributed by atoms with van der Waals surface area (Å²) >= 11 is 0. The van der Waals surface area contributed by atoms with Gasteiger partial charge in [-0.25, -0.2) is 8.42 Å². The molecule has 0 fully saturated rings. The molecule has 1 unspecified atom stereocenters. The Balaban J connectivity index is 2.13. The Hall–Kier alpha value is -1.29. The van der Waals surface area contributed by atoms with Crippen LogP contribution in [0.2, 0.25) is 0 Å². The minimum absolute atomic E-state index is 0.248. The molecule has 0 aromatic heterocycles. The van der Waals surface area contributed by atoms with Crippen LogP contribution in [0.1, 0.15) is 51.5 Å². The minimum atomic E-state index is -4.19. The summed E-state index contributed by atoms with van der Waals surface area (Å²) in [5.74, 6) is -0.592. The molecule has 1 aromatic carbocycles. The van der Waals surface area contributed by atoms with Gasteiger partial charge in [-0.2, -0.15) is 13.0 Å². The van der Waals surface area contributed by atoms with Crippen LogP contribution in [0.4, 0.5) is 5.69 Å². The quantitative estimate of drug-likeness (QED) is 0.355. The predicted molar refractivity (Wildman–Crippen MR) is 103 cm³/mol. The van der Waals surface area contributed by atoms with E-state index >= 15 is 0 Å². The molecular formula is C18H27NO6S2. The van der Waals surface area contributed by atoms with Gasteiger partial charge in [-0.15, -0.1) is 0 Å². The lowest BCUT2D eigenvalue weighted by Crippen LogP contribution is -2.30. The Morgan fingerprint density at radius 1 is 1.04 bits per heavy atom. The molecule has 1 atom stereocenters. The van der Waals surface area contributed by atoms with E-state index in [0.717, 1.165) is 23.4 Å². The van der Waals surface area contributed by atoms with Crippen LogP contribution in [0.15, 0.2) is 24.3 Å². The molecule has 0 aliphatic carbocycles. The Morgan fingerprint density at radius 2 is 1.67 bits per heavy atom. The van der Waals surface area contributed by atoms with Crippen molar-refractivity contribution >= 4 is 31.6 Å². The number of nitrogens with zero attached hydrogens (tertiary/aromatic N) is 1. The molecule has 0 saturated heterocycles. The van der Waals surface area contributed by atoms with Crippen LogP contribution in [0.25, 0.3) is 0 Å². The van der Waals surface area contributed by atoms with Gasteiger partial charge >= 0.3 is 0 Å². The molecule has 0 amide bonds. The Bertz CT molecular complexity index is 921. The molecule has 9 heteroatoms. The van der Waals surface area contributed by atoms with Crippen molar-refractivity contribution in [1.82, 2.24) is 0 Å². The van der Waals surface area contributed by atoms with Gasteiger partial charge in [0.15, 0.2) is 5.71 Å². The smallest absolute Gasteiger partial charge is 0.264 e. The predicted octanol–water partition coefficient (Wildman–Crippen LogP) is 2.45. The Labute approximate surface area is 161 Å². The van der Waals surface area contributed by atoms with E-state index in [1.807, 2.05) is 25.1 Å². The normalized spacial score (nSPS) is 20.1. The second kappa shape index (κ2) is 8.38. The van der Waals surface area contributed by atoms with E-state index in [2.05, 4.69) is 17.6 Å². The van der Waals surface area contributed by atoms with Crippen molar-refractivity contribution in [2.45, 2.75) is 51.4 Å². The van der Waals surface area contributed by atoms with Gasteiger partial charge in [-0.3, -0.25) is 4.55 Å². The fourth-order valence-corrected chi connectivity index (χ4v) is 4.89. The Morgan fingerprint density at radius 3 is 2.30 bits per heavy atom. The standard InChI is InChI=1S/C18H27NO6S2/c1-15-18(2,11-5-7-13-26(20,21)22)16-9-3-4-10-17(16)19(15)12-6-8-14-27(23,24)25/h3-4,9-10H,5-8,11-14H2,1-2H3,(H-,20,21,22,23,24,25). The fourth-order valence-electron chi connectivity index (χ4n) is 3.76. The molecule has 1 N–H and O–H groups in total. The first kappa shape index (κ1) is 22.0. The number of benzene rings is 1. The molecule has 7 nitrogen and oxygen atoms in total. The zero-order valence-electron chi connectivity index (χ0n) is 15.7. The number of hydrogen-bond acceptors (Lipinski definition) is 5. The molecule has 1 aliphatic heterocycles. The summed E-state index contributed by atoms with van der Waals surface area (Å²) in [6.45, 7) is 4.79. The van der Waals surface area contributed by atoms with Gasteiger partial charge in [-0.05, 0) is 26.2 Å². The van der Waals surface area contributed by atoms with Crippen LogP contribution in [-0.2, 0) is 25.7 Å². The van der Waals surface area contributed by atoms with E-state index in [4.69, 9.17) is 4.55 Å². The fraction of sp³-hybridized carbons (Fsp3) is 0.611. The average Bonchev–Trinajstić information content (AvgIpc) is 2.76. The highest BCUT2D eigenvalue weighted by Crippen LogP contribution is 2.42. The third kappa shape index (κ3) is 5.84. The third-order valence-corrected chi connectivity index (χ3v) is 6.94. The number of para-hydroxylation sites is 1. The van der Waals surface area contributed by atoms with E-state index < -0.39 is 20.2 Å². The first-order valence-electron chi connectivity index (χ1n) is 9.04. The number of unbranched alkanes of at least 4 members (excludes halogenated alkanes) is 2. The topological polar surface area (TPSA) is 115 Å². The van der Waals surface area contributed by atoms with Crippen molar-refractivity contribution in [2.75, 3.05) is 18.1 Å². The van der Waals surface area contributed by atoms with Crippen LogP contribution in [0, 0.1) is 0 Å². The molecule has 0 bridgehead atoms. The summed E-state index contributed by atoms with van der Waals surface area (Å²) in [4.78, 5) is 0. The number of fused-ring (bicyclic) bond motifs is 1. The molecule has 2 rings (SSSR count). The molecule has 0 saturated carbocycles. The van der Waals surface area contributed by atoms with Crippen LogP contribution in [0.5, 0.6) is 0 Å². The molecule has 0 radical (unpaired) electrons. The summed E-state index contributed by atoms with van der Waals surface area (Å²) in [6, 6.07) is 8.00. The van der Waals surface area contributed by atoms with Gasteiger partial charge in [0, 0.05) is 30.7 Å². The maximum Gasteiger partial charge on any atom is 0.264 e. The van der Waals surface area contributed by atoms with Gasteiger partial charge in [0.05, 0.1) is 21.3 Å². The second-order valence-electron chi connectivity index (χ2n) is 7.30. The van der Waals surface area contributed by atoms with Crippen LogP contribution < -0.4 is 0 Å². The van der Waals surface area contributed by atoms with Gasteiger partial charge in [0.2, 0.25) is 5.69 Å². The second-order valence-corrected chi connectivity index (χ2v) is 10.4. The first-order chi connectivity index (χ1) is 12.4. The van der Waals surface area contributed by atoms with E-state index in [1.165, 1.54) is 0 Å². The van der Waals surface area contributed by atoms with Crippen LogP contribution >= 0.6 is 0 Å². The van der Waals surface area contributed by atoms with E-state index in [-0.39, 0.29) is 16.9 Å². The van der Waals surface area contributed by atoms with Crippen molar-refractivity contribution in [3.63, 3.8) is 0 Å². The lowest BCUT2D eigenvalue weighted by molar-refractivity contribution is -0.439. The molecule has 152 valence electrons. The van der Waals surface area contributed by atoms with Crippen LogP contribution in [0.3, 0.4) is 0 Å². The molecular weight excluding hydrogens is 390 g/mol. The average molecular weight is 418 g/mol. The summed E-state index contributed by atoms with van der Waals surface area (Å²) in [7, 11) is -8.13. The zero-order valence-corrected chi connectivity index (χ0v) is 17.4. The van der Waals surface area contributed by atoms with Crippen molar-refractivity contribution in [2.24, 2.45) is 0 Å². The molecule has 27 heavy (non-hydrogen) atoms. The zero-order chi connectivity index (χ0) is 20.3. The van der Waals surface area contributed by atoms with E-state index in [1.54, 1.807) is 0 Å². The third-order valence-electron chi connectivity index (χ3n) is 5.35. The molecule has 0 spiro atoms. The number of rotatable bonds is 10. The van der Waals surface area contributed by atoms with Gasteiger partial charge in [0.1, 0.15) is 6.54 Å². The highest BCUT2D eigenvalue weighted by Gasteiger charge is 2.45. The number of hydrogen-bond donors (Lipinski definition) is 1. The van der Waals surface area contributed by atoms with Crippen LogP contribution in [-0.4, -0.2) is 54.3 Å². The maximum atomic E-state index is 10.9. The minimum Gasteiger partial charge on any atom is -0.748 e. The SMILES string of the molecule is CC1=[N+](CCCCS(=O)(=O)O)c2ccccc2C1(C)CCCCS(=O)(=O)[O-]. The maximum absolute atomic E-state index is 10.9. The van der Waals surface area contributed by atoms with Crippen molar-refractivity contribution in [1.29, 1.82) is 0 Å². The molecule has 1 aromatic rings. The molecule has 1 heterocycles. The van der Waals surface area contributed by atoms with Gasteiger partial charge in [0.25, 0.3) is 10.1 Å². The highest BCUT2D eigenvalue weighted by molar-refractivity contribution is 7.85. The highest BCUT2D eigenvalue weighted by atomic mass is 32.2. The summed E-state index contributed by atoms with van der Waals surface area (Å²) in [5, 5.41) is 0. The van der Waals surface area contributed by atoms with Crippen molar-refractivity contribution in [3.05, 3.63) is 29.8 Å². The van der Waals surface area contributed by atoms with E-state index in [0.29, 0.717) is 32.2 Å². The lowest BCUT2D eigenvalue weighted by atomic mass is 9.76. The van der Waals surface area contributed by atoms with Crippen molar-refractivity contribution < 1.29 is 30.5 Å². The first-order valence-corrected chi connectivity index (χ1v) is 12.2. The lowest BCUT2D eigenvalue weighted by Gasteiger charge is -2.22. The summed E-state index contributed by atoms with van der Waals surface area (Å²) in [5.41, 5.74) is 3.09. The molecule has 1 aliphatic rings. The largest absolute Gasteiger partial charge is 0.748 e. The summed E-state index contributed by atoms with van der Waals surface area (Å²) in [6.07, 6.45) is 2.69. The summed E-state index contributed by atoms with van der Waals surface area (Å²) < 4.78 is 65.2. The van der Waals surface area contributed by atoms with Gasteiger partial charge < -0.3 is 4.55 Å². The van der Waals surface area contributed by atoms with Crippen molar-refractivity contribution in [3.8, 4) is 0 Å². The van der Waals surface area contributed by atoms with Gasteiger partial charge in [-0.1, -0.05) is 24.6 Å². The Kier molecular flexibility index (Phi) is 6.83.